The number of carbonyl (C=O) groups is 1. The predicted octanol–water partition coefficient (Wildman–Crippen LogP) is 3.92. The summed E-state index contributed by atoms with van der Waals surface area (Å²) in [5.74, 6) is -0.713. The van der Waals surface area contributed by atoms with E-state index in [0.717, 1.165) is 16.7 Å². The van der Waals surface area contributed by atoms with Crippen LogP contribution in [-0.2, 0) is 9.84 Å². The molecule has 1 unspecified atom stereocenters. The van der Waals surface area contributed by atoms with E-state index in [9.17, 15) is 17.6 Å². The number of aryl methyl sites for hydroxylation is 2. The van der Waals surface area contributed by atoms with E-state index in [1.807, 2.05) is 32.0 Å². The number of benzene rings is 2. The lowest BCUT2D eigenvalue weighted by atomic mass is 10.0. The van der Waals surface area contributed by atoms with Gasteiger partial charge in [-0.15, -0.1) is 0 Å². The lowest BCUT2D eigenvalue weighted by Crippen LogP contribution is -2.16. The first-order valence-corrected chi connectivity index (χ1v) is 11.5. The minimum atomic E-state index is -3.12. The fourth-order valence-corrected chi connectivity index (χ4v) is 5.29. The van der Waals surface area contributed by atoms with E-state index >= 15 is 0 Å². The first kappa shape index (κ1) is 20.3. The van der Waals surface area contributed by atoms with E-state index in [1.54, 1.807) is 10.7 Å². The van der Waals surface area contributed by atoms with E-state index in [0.29, 0.717) is 17.8 Å². The summed E-state index contributed by atoms with van der Waals surface area (Å²) in [4.78, 5) is 12.8. The molecule has 1 fully saturated rings. The zero-order valence-corrected chi connectivity index (χ0v) is 17.5. The zero-order valence-electron chi connectivity index (χ0n) is 16.7. The Morgan fingerprint density at radius 2 is 1.83 bits per heavy atom. The molecule has 8 heteroatoms. The average molecular weight is 428 g/mol. The van der Waals surface area contributed by atoms with Gasteiger partial charge >= 0.3 is 0 Å². The van der Waals surface area contributed by atoms with Crippen molar-refractivity contribution >= 4 is 21.4 Å². The number of nitrogens with zero attached hydrogens (tertiary/aromatic N) is 2. The molecule has 3 aromatic rings. The van der Waals surface area contributed by atoms with Crippen LogP contribution in [0, 0.1) is 19.7 Å². The number of aromatic nitrogens is 2. The lowest BCUT2D eigenvalue weighted by Gasteiger charge is -2.14. The Morgan fingerprint density at radius 1 is 1.10 bits per heavy atom. The fourth-order valence-electron chi connectivity index (χ4n) is 3.60. The van der Waals surface area contributed by atoms with Gasteiger partial charge in [0.15, 0.2) is 15.5 Å². The molecule has 1 aromatic heterocycles. The van der Waals surface area contributed by atoms with Gasteiger partial charge in [0, 0.05) is 11.3 Å². The summed E-state index contributed by atoms with van der Waals surface area (Å²) in [7, 11) is -3.12. The van der Waals surface area contributed by atoms with Gasteiger partial charge in [-0.1, -0.05) is 12.1 Å². The zero-order chi connectivity index (χ0) is 21.5. The van der Waals surface area contributed by atoms with Crippen LogP contribution >= 0.6 is 0 Å². The van der Waals surface area contributed by atoms with Crippen molar-refractivity contribution in [3.8, 4) is 11.3 Å². The number of sulfone groups is 1. The Bertz CT molecular complexity index is 1220. The van der Waals surface area contributed by atoms with Crippen molar-refractivity contribution < 1.29 is 17.6 Å². The van der Waals surface area contributed by atoms with Gasteiger partial charge in [0.1, 0.15) is 5.82 Å². The maximum absolute atomic E-state index is 13.1. The molecule has 1 saturated heterocycles. The van der Waals surface area contributed by atoms with Gasteiger partial charge in [-0.2, -0.15) is 5.10 Å². The summed E-state index contributed by atoms with van der Waals surface area (Å²) in [6.07, 6.45) is 0.459. The number of anilines is 1. The highest BCUT2D eigenvalue weighted by molar-refractivity contribution is 7.91. The molecular formula is C22H22FN3O3S. The Balaban J connectivity index is 1.72. The predicted molar refractivity (Wildman–Crippen MR) is 114 cm³/mol. The highest BCUT2D eigenvalue weighted by Crippen LogP contribution is 2.31. The minimum Gasteiger partial charge on any atom is -0.321 e. The summed E-state index contributed by atoms with van der Waals surface area (Å²) >= 11 is 0. The number of rotatable bonds is 4. The lowest BCUT2D eigenvalue weighted by molar-refractivity contribution is 0.102. The van der Waals surface area contributed by atoms with Crippen molar-refractivity contribution in [2.45, 2.75) is 26.3 Å². The minimum absolute atomic E-state index is 0.00550. The maximum Gasteiger partial charge on any atom is 0.276 e. The molecule has 1 aliphatic rings. The van der Waals surface area contributed by atoms with Crippen molar-refractivity contribution in [1.29, 1.82) is 0 Å². The van der Waals surface area contributed by atoms with Crippen molar-refractivity contribution in [2.24, 2.45) is 0 Å². The molecule has 0 aliphatic carbocycles. The first-order chi connectivity index (χ1) is 14.2. The molecule has 1 amide bonds. The SMILES string of the molecule is Cc1ccc(-c2cc(C(=O)Nc3ccc(F)cc3)nn2C2CCS(=O)(=O)C2)cc1C. The van der Waals surface area contributed by atoms with Crippen molar-refractivity contribution in [3.05, 3.63) is 71.2 Å². The third-order valence-electron chi connectivity index (χ3n) is 5.43. The van der Waals surface area contributed by atoms with Gasteiger partial charge in [0.05, 0.1) is 23.2 Å². The van der Waals surface area contributed by atoms with E-state index in [4.69, 9.17) is 0 Å². The normalized spacial score (nSPS) is 17.8. The Labute approximate surface area is 174 Å². The molecule has 1 aliphatic heterocycles. The summed E-state index contributed by atoms with van der Waals surface area (Å²) in [6.45, 7) is 4.02. The van der Waals surface area contributed by atoms with Crippen LogP contribution in [0.3, 0.4) is 0 Å². The second-order valence-electron chi connectivity index (χ2n) is 7.68. The fraction of sp³-hybridized carbons (Fsp3) is 0.273. The van der Waals surface area contributed by atoms with Gasteiger partial charge in [0.2, 0.25) is 0 Å². The third kappa shape index (κ3) is 4.14. The van der Waals surface area contributed by atoms with Crippen molar-refractivity contribution in [2.75, 3.05) is 16.8 Å². The van der Waals surface area contributed by atoms with E-state index < -0.39 is 21.6 Å². The molecule has 2 heterocycles. The van der Waals surface area contributed by atoms with Gasteiger partial charge in [-0.25, -0.2) is 12.8 Å². The van der Waals surface area contributed by atoms with Crippen LogP contribution in [0.25, 0.3) is 11.3 Å². The highest BCUT2D eigenvalue weighted by atomic mass is 32.2. The monoisotopic (exact) mass is 427 g/mol. The maximum atomic E-state index is 13.1. The molecule has 0 bridgehead atoms. The molecule has 0 saturated carbocycles. The molecule has 1 N–H and O–H groups in total. The van der Waals surface area contributed by atoms with E-state index in [-0.39, 0.29) is 23.2 Å². The van der Waals surface area contributed by atoms with Crippen LogP contribution in [0.1, 0.15) is 34.1 Å². The van der Waals surface area contributed by atoms with Crippen LogP contribution in [0.2, 0.25) is 0 Å². The summed E-state index contributed by atoms with van der Waals surface area (Å²) in [5, 5.41) is 7.17. The molecule has 6 nitrogen and oxygen atoms in total. The summed E-state index contributed by atoms with van der Waals surface area (Å²) in [6, 6.07) is 12.8. The average Bonchev–Trinajstić information content (AvgIpc) is 3.29. The van der Waals surface area contributed by atoms with Gasteiger partial charge in [-0.05, 0) is 67.8 Å². The first-order valence-electron chi connectivity index (χ1n) is 9.66. The molecule has 0 spiro atoms. The van der Waals surface area contributed by atoms with Crippen molar-refractivity contribution in [3.63, 3.8) is 0 Å². The largest absolute Gasteiger partial charge is 0.321 e. The smallest absolute Gasteiger partial charge is 0.276 e. The number of hydrogen-bond acceptors (Lipinski definition) is 4. The van der Waals surface area contributed by atoms with Crippen LogP contribution in [-0.4, -0.2) is 35.6 Å². The number of halogens is 1. The molecule has 0 radical (unpaired) electrons. The number of hydrogen-bond donors (Lipinski definition) is 1. The quantitative estimate of drug-likeness (QED) is 0.684. The Kier molecular flexibility index (Phi) is 5.19. The summed E-state index contributed by atoms with van der Waals surface area (Å²) < 4.78 is 38.8. The van der Waals surface area contributed by atoms with Crippen LogP contribution in [0.4, 0.5) is 10.1 Å². The highest BCUT2D eigenvalue weighted by Gasteiger charge is 2.32. The molecule has 156 valence electrons. The molecule has 4 rings (SSSR count). The number of nitrogens with one attached hydrogen (secondary N) is 1. The van der Waals surface area contributed by atoms with Crippen LogP contribution in [0.5, 0.6) is 0 Å². The Hall–Kier alpha value is -3.00. The molecule has 30 heavy (non-hydrogen) atoms. The van der Waals surface area contributed by atoms with Crippen molar-refractivity contribution in [1.82, 2.24) is 9.78 Å². The third-order valence-corrected chi connectivity index (χ3v) is 7.18. The topological polar surface area (TPSA) is 81.1 Å². The molecular weight excluding hydrogens is 405 g/mol. The standard InChI is InChI=1S/C22H22FN3O3S/c1-14-3-4-16(11-15(14)2)21-12-20(22(27)24-18-7-5-17(23)6-8-18)25-26(21)19-9-10-30(28,29)13-19/h3-8,11-12,19H,9-10,13H2,1-2H3,(H,24,27). The van der Waals surface area contributed by atoms with Gasteiger partial charge < -0.3 is 5.32 Å². The Morgan fingerprint density at radius 3 is 2.47 bits per heavy atom. The molecule has 1 atom stereocenters. The second-order valence-corrected chi connectivity index (χ2v) is 9.91. The van der Waals surface area contributed by atoms with E-state index in [1.165, 1.54) is 24.3 Å². The number of amides is 1. The number of carbonyl (C=O) groups excluding carboxylic acids is 1. The van der Waals surface area contributed by atoms with Gasteiger partial charge in [0.25, 0.3) is 5.91 Å². The molecule has 2 aromatic carbocycles. The van der Waals surface area contributed by atoms with Crippen LogP contribution in [0.15, 0.2) is 48.5 Å². The second kappa shape index (κ2) is 7.68. The van der Waals surface area contributed by atoms with Crippen LogP contribution < -0.4 is 5.32 Å². The van der Waals surface area contributed by atoms with Gasteiger partial charge in [-0.3, -0.25) is 9.48 Å². The summed E-state index contributed by atoms with van der Waals surface area (Å²) in [5.41, 5.74) is 4.43. The van der Waals surface area contributed by atoms with E-state index in [2.05, 4.69) is 10.4 Å².